The fraction of sp³-hybridized carbons (Fsp3) is 0.240. The van der Waals surface area contributed by atoms with Crippen molar-refractivity contribution in [2.24, 2.45) is 0 Å². The molecule has 9 heteroatoms. The third-order valence-corrected chi connectivity index (χ3v) is 5.32. The summed E-state index contributed by atoms with van der Waals surface area (Å²) in [5.41, 5.74) is 1.33. The van der Waals surface area contributed by atoms with Gasteiger partial charge in [-0.15, -0.1) is 0 Å². The van der Waals surface area contributed by atoms with E-state index in [1.54, 1.807) is 12.1 Å². The van der Waals surface area contributed by atoms with Gasteiger partial charge < -0.3 is 19.8 Å². The van der Waals surface area contributed by atoms with Gasteiger partial charge in [-0.2, -0.15) is 11.8 Å². The van der Waals surface area contributed by atoms with Crippen LogP contribution in [0.25, 0.3) is 0 Å². The maximum atomic E-state index is 12.4. The van der Waals surface area contributed by atoms with Gasteiger partial charge in [0, 0.05) is 46.6 Å². The number of carbonyl (C=O) groups is 3. The van der Waals surface area contributed by atoms with Crippen LogP contribution in [0.2, 0.25) is 0 Å². The van der Waals surface area contributed by atoms with Gasteiger partial charge in [-0.1, -0.05) is 28.1 Å². The molecular formula is C25H28BrNO6S. The largest absolute Gasteiger partial charge is 0.490 e. The third kappa shape index (κ3) is 13.0. The second-order valence-electron chi connectivity index (χ2n) is 6.91. The van der Waals surface area contributed by atoms with Gasteiger partial charge in [0.2, 0.25) is 0 Å². The molecule has 34 heavy (non-hydrogen) atoms. The number of ketones is 1. The molecule has 0 saturated heterocycles. The predicted molar refractivity (Wildman–Crippen MR) is 139 cm³/mol. The fourth-order valence-corrected chi connectivity index (χ4v) is 3.18. The minimum absolute atomic E-state index is 0.0113. The van der Waals surface area contributed by atoms with Gasteiger partial charge in [-0.25, -0.2) is 9.59 Å². The maximum Gasteiger partial charge on any atom is 0.328 e. The van der Waals surface area contributed by atoms with E-state index in [2.05, 4.69) is 40.2 Å². The summed E-state index contributed by atoms with van der Waals surface area (Å²) in [6.45, 7) is 2.53. The highest BCUT2D eigenvalue weighted by atomic mass is 79.9. The van der Waals surface area contributed by atoms with Gasteiger partial charge in [-0.05, 0) is 61.8 Å². The van der Waals surface area contributed by atoms with Crippen molar-refractivity contribution in [3.05, 3.63) is 88.4 Å². The number of ether oxygens (including phenoxy) is 1. The molecule has 0 bridgehead atoms. The molecule has 0 aliphatic heterocycles. The number of thioether (sulfide) groups is 1. The second-order valence-corrected chi connectivity index (χ2v) is 8.81. The van der Waals surface area contributed by atoms with E-state index in [-0.39, 0.29) is 5.78 Å². The van der Waals surface area contributed by atoms with Crippen LogP contribution < -0.4 is 4.74 Å². The van der Waals surface area contributed by atoms with E-state index in [9.17, 15) is 14.4 Å². The molecule has 0 atom stereocenters. The predicted octanol–water partition coefficient (Wildman–Crippen LogP) is 4.62. The Morgan fingerprint density at radius 1 is 0.941 bits per heavy atom. The second kappa shape index (κ2) is 16.7. The van der Waals surface area contributed by atoms with Crippen molar-refractivity contribution in [1.29, 1.82) is 0 Å². The van der Waals surface area contributed by atoms with Crippen molar-refractivity contribution in [3.63, 3.8) is 0 Å². The van der Waals surface area contributed by atoms with Crippen molar-refractivity contribution in [2.45, 2.75) is 0 Å². The Kier molecular flexibility index (Phi) is 14.3. The quantitative estimate of drug-likeness (QED) is 0.224. The number of rotatable bonds is 12. The average Bonchev–Trinajstić information content (AvgIpc) is 2.82. The summed E-state index contributed by atoms with van der Waals surface area (Å²) < 4.78 is 6.66. The average molecular weight is 550 g/mol. The van der Waals surface area contributed by atoms with Crippen LogP contribution in [0.5, 0.6) is 5.75 Å². The monoisotopic (exact) mass is 549 g/mol. The number of carbonyl (C=O) groups excluding carboxylic acids is 1. The van der Waals surface area contributed by atoms with Crippen LogP contribution in [0, 0.1) is 0 Å². The summed E-state index contributed by atoms with van der Waals surface area (Å²) >= 11 is 5.23. The first kappa shape index (κ1) is 29.2. The molecule has 0 aliphatic rings. The molecule has 2 rings (SSSR count). The molecule has 2 N–H and O–H groups in total. The fourth-order valence-electron chi connectivity index (χ4n) is 2.42. The Morgan fingerprint density at radius 2 is 1.47 bits per heavy atom. The number of hydrogen-bond donors (Lipinski definition) is 2. The molecule has 0 radical (unpaired) electrons. The number of aliphatic carboxylic acids is 2. The number of benzene rings is 2. The first-order valence-electron chi connectivity index (χ1n) is 10.2. The van der Waals surface area contributed by atoms with Crippen LogP contribution in [0.3, 0.4) is 0 Å². The third-order valence-electron chi connectivity index (χ3n) is 4.20. The summed E-state index contributed by atoms with van der Waals surface area (Å²) in [5, 5.41) is 15.6. The van der Waals surface area contributed by atoms with E-state index in [4.69, 9.17) is 14.9 Å². The molecule has 0 aromatic heterocycles. The lowest BCUT2D eigenvalue weighted by atomic mass is 10.0. The Balaban J connectivity index is 0.000000620. The molecule has 0 fully saturated rings. The first-order valence-corrected chi connectivity index (χ1v) is 12.4. The maximum absolute atomic E-state index is 12.4. The highest BCUT2D eigenvalue weighted by Crippen LogP contribution is 2.17. The lowest BCUT2D eigenvalue weighted by molar-refractivity contribution is -0.134. The summed E-state index contributed by atoms with van der Waals surface area (Å²) in [4.78, 5) is 33.8. The van der Waals surface area contributed by atoms with Crippen molar-refractivity contribution in [2.75, 3.05) is 38.8 Å². The number of nitrogens with zero attached hydrogens (tertiary/aromatic N) is 1. The van der Waals surface area contributed by atoms with E-state index in [0.29, 0.717) is 29.9 Å². The molecule has 0 unspecified atom stereocenters. The number of hydrogen-bond acceptors (Lipinski definition) is 6. The van der Waals surface area contributed by atoms with Gasteiger partial charge in [0.05, 0.1) is 0 Å². The van der Waals surface area contributed by atoms with E-state index in [0.717, 1.165) is 29.1 Å². The molecule has 2 aromatic carbocycles. The van der Waals surface area contributed by atoms with Crippen LogP contribution in [0.4, 0.5) is 0 Å². The van der Waals surface area contributed by atoms with E-state index in [1.165, 1.54) is 0 Å². The van der Waals surface area contributed by atoms with E-state index < -0.39 is 11.9 Å². The van der Waals surface area contributed by atoms with Crippen LogP contribution in [-0.2, 0) is 9.59 Å². The van der Waals surface area contributed by atoms with Crippen molar-refractivity contribution < 1.29 is 29.3 Å². The highest BCUT2D eigenvalue weighted by molar-refractivity contribution is 9.10. The zero-order chi connectivity index (χ0) is 25.3. The minimum atomic E-state index is -1.26. The number of carboxylic acids is 2. The van der Waals surface area contributed by atoms with Gasteiger partial charge in [-0.3, -0.25) is 4.79 Å². The van der Waals surface area contributed by atoms with Crippen LogP contribution in [0.1, 0.15) is 15.9 Å². The summed E-state index contributed by atoms with van der Waals surface area (Å²) in [7, 11) is 2.11. The number of likely N-dealkylation sites (N-methyl/N-ethyl adjacent to an activating group) is 1. The molecule has 0 heterocycles. The minimum Gasteiger partial charge on any atom is -0.490 e. The molecule has 0 spiro atoms. The van der Waals surface area contributed by atoms with Gasteiger partial charge in [0.25, 0.3) is 0 Å². The number of halogens is 1. The van der Waals surface area contributed by atoms with E-state index >= 15 is 0 Å². The summed E-state index contributed by atoms with van der Waals surface area (Å²) in [6.07, 6.45) is 7.38. The van der Waals surface area contributed by atoms with Crippen LogP contribution >= 0.6 is 27.7 Å². The molecule has 2 aromatic rings. The molecule has 0 amide bonds. The highest BCUT2D eigenvalue weighted by Gasteiger charge is 2.08. The molecule has 0 saturated carbocycles. The molecule has 7 nitrogen and oxygen atoms in total. The summed E-state index contributed by atoms with van der Waals surface area (Å²) in [6, 6.07) is 14.7. The van der Waals surface area contributed by atoms with Crippen molar-refractivity contribution >= 4 is 45.4 Å². The smallest absolute Gasteiger partial charge is 0.328 e. The molecule has 182 valence electrons. The molecular weight excluding hydrogens is 522 g/mol. The van der Waals surface area contributed by atoms with Gasteiger partial charge in [0.1, 0.15) is 12.4 Å². The molecule has 0 aliphatic carbocycles. The normalized spacial score (nSPS) is 10.8. The topological polar surface area (TPSA) is 104 Å². The lowest BCUT2D eigenvalue weighted by Gasteiger charge is -2.12. The van der Waals surface area contributed by atoms with Crippen LogP contribution in [0.15, 0.2) is 77.3 Å². The Morgan fingerprint density at radius 3 is 1.97 bits per heavy atom. The SMILES string of the molecule is CSCCN(C)C/C=C/COc1ccc(C(=O)c2ccc(Br)cc2)cc1.O=C(O)/C=C/C(=O)O. The van der Waals surface area contributed by atoms with Gasteiger partial charge >= 0.3 is 11.9 Å². The summed E-state index contributed by atoms with van der Waals surface area (Å²) in [5.74, 6) is -0.596. The zero-order valence-electron chi connectivity index (χ0n) is 19.0. The van der Waals surface area contributed by atoms with Crippen LogP contribution in [-0.4, -0.2) is 71.6 Å². The Labute approximate surface area is 212 Å². The van der Waals surface area contributed by atoms with Crippen molar-refractivity contribution in [1.82, 2.24) is 4.90 Å². The standard InChI is InChI=1S/C21H24BrNO2S.C4H4O4/c1-23(14-16-26-2)13-3-4-15-25-20-11-7-18(8-12-20)21(24)17-5-9-19(22)10-6-17;5-3(6)1-2-4(7)8/h3-12H,13-16H2,1-2H3;1-2H,(H,5,6)(H,7,8)/b4-3+;2-1+. The van der Waals surface area contributed by atoms with Gasteiger partial charge in [0.15, 0.2) is 5.78 Å². The first-order chi connectivity index (χ1) is 16.2. The Hall–Kier alpha value is -2.88. The Bertz CT molecular complexity index is 958. The number of carboxylic acid groups (broad SMARTS) is 2. The zero-order valence-corrected chi connectivity index (χ0v) is 21.4. The lowest BCUT2D eigenvalue weighted by Crippen LogP contribution is -2.21. The van der Waals surface area contributed by atoms with Crippen molar-refractivity contribution in [3.8, 4) is 5.75 Å². The van der Waals surface area contributed by atoms with E-state index in [1.807, 2.05) is 54.2 Å².